The zero-order valence-corrected chi connectivity index (χ0v) is 14.3. The summed E-state index contributed by atoms with van der Waals surface area (Å²) >= 11 is 0. The molecule has 0 fully saturated rings. The lowest BCUT2D eigenvalue weighted by Crippen LogP contribution is -2.34. The number of benzene rings is 1. The van der Waals surface area contributed by atoms with Crippen molar-refractivity contribution in [3.05, 3.63) is 51.9 Å². The first kappa shape index (κ1) is 17.1. The van der Waals surface area contributed by atoms with E-state index in [2.05, 4.69) is 10.3 Å². The summed E-state index contributed by atoms with van der Waals surface area (Å²) in [5.41, 5.74) is 0.683. The summed E-state index contributed by atoms with van der Waals surface area (Å²) in [7, 11) is 1.84. The van der Waals surface area contributed by atoms with Gasteiger partial charge < -0.3 is 9.26 Å². The second kappa shape index (κ2) is 7.02. The van der Waals surface area contributed by atoms with Crippen molar-refractivity contribution in [1.29, 1.82) is 0 Å². The van der Waals surface area contributed by atoms with E-state index in [0.29, 0.717) is 35.7 Å². The largest absolute Gasteiger partial charge is 0.492 e. The smallest absolute Gasteiger partial charge is 0.298 e. The number of fused-ring (bicyclic) bond motifs is 1. The molecule has 3 aromatic rings. The molecule has 0 aliphatic carbocycles. The van der Waals surface area contributed by atoms with Gasteiger partial charge in [0.1, 0.15) is 23.9 Å². The highest BCUT2D eigenvalue weighted by atomic mass is 19.1. The highest BCUT2D eigenvalue weighted by Crippen LogP contribution is 2.16. The van der Waals surface area contributed by atoms with Crippen LogP contribution >= 0.6 is 0 Å². The summed E-state index contributed by atoms with van der Waals surface area (Å²) in [6, 6.07) is 5.98. The normalized spacial score (nSPS) is 11.4. The van der Waals surface area contributed by atoms with E-state index >= 15 is 0 Å². The molecule has 0 saturated carbocycles. The molecular formula is C17H19FN4O3. The van der Waals surface area contributed by atoms with Crippen LogP contribution in [0.2, 0.25) is 0 Å². The lowest BCUT2D eigenvalue weighted by molar-refractivity contribution is 0.195. The van der Waals surface area contributed by atoms with Gasteiger partial charge in [-0.05, 0) is 33.0 Å². The number of aromatic nitrogens is 3. The maximum atomic E-state index is 13.1. The minimum absolute atomic E-state index is 0.286. The van der Waals surface area contributed by atoms with Gasteiger partial charge in [-0.15, -0.1) is 0 Å². The molecule has 2 aromatic heterocycles. The van der Waals surface area contributed by atoms with Crippen molar-refractivity contribution >= 4 is 10.9 Å². The predicted octanol–water partition coefficient (Wildman–Crippen LogP) is 2.11. The van der Waals surface area contributed by atoms with Gasteiger partial charge in [0, 0.05) is 12.6 Å². The first-order chi connectivity index (χ1) is 12.0. The summed E-state index contributed by atoms with van der Waals surface area (Å²) in [6.07, 6.45) is 0. The van der Waals surface area contributed by atoms with E-state index in [1.54, 1.807) is 19.1 Å². The number of aryl methyl sites for hydroxylation is 2. The lowest BCUT2D eigenvalue weighted by Gasteiger charge is -2.17. The fourth-order valence-corrected chi connectivity index (χ4v) is 2.61. The number of likely N-dealkylation sites (N-methyl/N-ethyl adjacent to an activating group) is 1. The molecule has 0 atom stereocenters. The Morgan fingerprint density at radius 3 is 2.92 bits per heavy atom. The van der Waals surface area contributed by atoms with Gasteiger partial charge in [0.2, 0.25) is 0 Å². The molecule has 1 aromatic carbocycles. The van der Waals surface area contributed by atoms with E-state index < -0.39 is 0 Å². The van der Waals surface area contributed by atoms with E-state index in [1.165, 1.54) is 16.8 Å². The van der Waals surface area contributed by atoms with Gasteiger partial charge in [0.15, 0.2) is 5.52 Å². The van der Waals surface area contributed by atoms with Gasteiger partial charge in [-0.2, -0.15) is 5.10 Å². The molecule has 0 aliphatic heterocycles. The SMILES string of the molecule is Cc1nn(CN(C)CCOc2cccc(F)c2)c(=O)c2noc(C)c12. The highest BCUT2D eigenvalue weighted by molar-refractivity contribution is 5.81. The Morgan fingerprint density at radius 2 is 2.16 bits per heavy atom. The molecule has 2 heterocycles. The monoisotopic (exact) mass is 346 g/mol. The van der Waals surface area contributed by atoms with Crippen LogP contribution in [0, 0.1) is 19.7 Å². The lowest BCUT2D eigenvalue weighted by atomic mass is 10.2. The second-order valence-electron chi connectivity index (χ2n) is 5.88. The summed E-state index contributed by atoms with van der Waals surface area (Å²) in [5.74, 6) is 0.716. The third-order valence-electron chi connectivity index (χ3n) is 3.85. The number of ether oxygens (including phenoxy) is 1. The van der Waals surface area contributed by atoms with Gasteiger partial charge >= 0.3 is 0 Å². The standard InChI is InChI=1S/C17H19FN4O3/c1-11-15-12(2)25-20-16(15)17(23)22(19-11)10-21(3)7-8-24-14-6-4-5-13(18)9-14/h4-6,9H,7-8,10H2,1-3H3. The average Bonchev–Trinajstić information content (AvgIpc) is 2.95. The quantitative estimate of drug-likeness (QED) is 0.681. The van der Waals surface area contributed by atoms with Crippen LogP contribution in [0.3, 0.4) is 0 Å². The summed E-state index contributed by atoms with van der Waals surface area (Å²) in [4.78, 5) is 14.3. The van der Waals surface area contributed by atoms with E-state index in [9.17, 15) is 9.18 Å². The maximum absolute atomic E-state index is 13.1. The number of nitrogens with zero attached hydrogens (tertiary/aromatic N) is 4. The fourth-order valence-electron chi connectivity index (χ4n) is 2.61. The molecule has 8 heteroatoms. The predicted molar refractivity (Wildman–Crippen MR) is 90.1 cm³/mol. The number of halogens is 1. The molecule has 132 valence electrons. The zero-order valence-electron chi connectivity index (χ0n) is 14.3. The van der Waals surface area contributed by atoms with Crippen LogP contribution < -0.4 is 10.3 Å². The molecule has 0 saturated heterocycles. The second-order valence-corrected chi connectivity index (χ2v) is 5.88. The van der Waals surface area contributed by atoms with Gasteiger partial charge in [-0.25, -0.2) is 9.07 Å². The summed E-state index contributed by atoms with van der Waals surface area (Å²) in [6.45, 7) is 4.76. The fraction of sp³-hybridized carbons (Fsp3) is 0.353. The molecule has 0 unspecified atom stereocenters. The van der Waals surface area contributed by atoms with Gasteiger partial charge in [0.25, 0.3) is 5.56 Å². The highest BCUT2D eigenvalue weighted by Gasteiger charge is 2.15. The van der Waals surface area contributed by atoms with Crippen LogP contribution in [0.15, 0.2) is 33.6 Å². The summed E-state index contributed by atoms with van der Waals surface area (Å²) in [5, 5.41) is 8.82. The van der Waals surface area contributed by atoms with Gasteiger partial charge in [-0.3, -0.25) is 9.69 Å². The van der Waals surface area contributed by atoms with Crippen molar-refractivity contribution in [2.75, 3.05) is 20.2 Å². The molecule has 7 nitrogen and oxygen atoms in total. The van der Waals surface area contributed by atoms with Gasteiger partial charge in [-0.1, -0.05) is 11.2 Å². The van der Waals surface area contributed by atoms with Crippen molar-refractivity contribution in [2.24, 2.45) is 0 Å². The molecule has 3 rings (SSSR count). The Morgan fingerprint density at radius 1 is 1.36 bits per heavy atom. The van der Waals surface area contributed by atoms with Crippen molar-refractivity contribution in [3.63, 3.8) is 0 Å². The average molecular weight is 346 g/mol. The molecule has 0 radical (unpaired) electrons. The van der Waals surface area contributed by atoms with Crippen LogP contribution in [0.1, 0.15) is 11.5 Å². The molecule has 0 amide bonds. The van der Waals surface area contributed by atoms with E-state index in [0.717, 1.165) is 0 Å². The van der Waals surface area contributed by atoms with Crippen LogP contribution in [0.25, 0.3) is 10.9 Å². The number of hydrogen-bond donors (Lipinski definition) is 0. The first-order valence-corrected chi connectivity index (χ1v) is 7.86. The van der Waals surface area contributed by atoms with Crippen LogP contribution in [-0.4, -0.2) is 40.0 Å². The van der Waals surface area contributed by atoms with Gasteiger partial charge in [0.05, 0.1) is 17.7 Å². The van der Waals surface area contributed by atoms with Crippen LogP contribution in [0.5, 0.6) is 5.75 Å². The molecule has 0 bridgehead atoms. The topological polar surface area (TPSA) is 73.4 Å². The third kappa shape index (κ3) is 3.69. The Bertz CT molecular complexity index is 951. The molecular weight excluding hydrogens is 327 g/mol. The van der Waals surface area contributed by atoms with E-state index in [1.807, 2.05) is 18.9 Å². The Labute approximate surface area is 143 Å². The Balaban J connectivity index is 1.65. The molecule has 25 heavy (non-hydrogen) atoms. The zero-order chi connectivity index (χ0) is 18.0. The molecule has 0 N–H and O–H groups in total. The van der Waals surface area contributed by atoms with Crippen molar-refractivity contribution in [1.82, 2.24) is 19.8 Å². The van der Waals surface area contributed by atoms with Crippen molar-refractivity contribution < 1.29 is 13.7 Å². The van der Waals surface area contributed by atoms with Crippen molar-refractivity contribution in [2.45, 2.75) is 20.5 Å². The van der Waals surface area contributed by atoms with Crippen LogP contribution in [0.4, 0.5) is 4.39 Å². The Kier molecular flexibility index (Phi) is 4.80. The minimum atomic E-state index is -0.340. The molecule has 0 spiro atoms. The van der Waals surface area contributed by atoms with E-state index in [4.69, 9.17) is 9.26 Å². The summed E-state index contributed by atoms with van der Waals surface area (Å²) < 4.78 is 25.0. The van der Waals surface area contributed by atoms with Crippen LogP contribution in [-0.2, 0) is 6.67 Å². The maximum Gasteiger partial charge on any atom is 0.298 e. The third-order valence-corrected chi connectivity index (χ3v) is 3.85. The van der Waals surface area contributed by atoms with E-state index in [-0.39, 0.29) is 23.6 Å². The number of rotatable bonds is 6. The first-order valence-electron chi connectivity index (χ1n) is 7.86. The number of hydrogen-bond acceptors (Lipinski definition) is 6. The minimum Gasteiger partial charge on any atom is -0.492 e. The van der Waals surface area contributed by atoms with Crippen molar-refractivity contribution in [3.8, 4) is 5.75 Å². The Hall–Kier alpha value is -2.74. The molecule has 0 aliphatic rings.